The molecule has 3 rings (SSSR count). The van der Waals surface area contributed by atoms with Crippen LogP contribution in [0.25, 0.3) is 5.69 Å². The largest absolute Gasteiger partial charge is 0.338 e. The minimum atomic E-state index is -2.64. The van der Waals surface area contributed by atoms with E-state index in [0.717, 1.165) is 11.3 Å². The highest BCUT2D eigenvalue weighted by Gasteiger charge is 2.35. The first-order chi connectivity index (χ1) is 11.5. The maximum Gasteiger partial charge on any atom is 0.317 e. The third-order valence-corrected chi connectivity index (χ3v) is 4.13. The van der Waals surface area contributed by atoms with Crippen LogP contribution in [0.2, 0.25) is 0 Å². The average molecular weight is 334 g/mol. The number of halogens is 2. The van der Waals surface area contributed by atoms with Gasteiger partial charge in [-0.1, -0.05) is 18.2 Å². The van der Waals surface area contributed by atoms with Gasteiger partial charge in [0.1, 0.15) is 0 Å². The first-order valence-corrected chi connectivity index (χ1v) is 8.03. The molecule has 0 aliphatic carbocycles. The first-order valence-electron chi connectivity index (χ1n) is 8.03. The van der Waals surface area contributed by atoms with Gasteiger partial charge in [0.2, 0.25) is 0 Å². The molecule has 7 heteroatoms. The van der Waals surface area contributed by atoms with Gasteiger partial charge in [-0.25, -0.2) is 18.3 Å². The number of alkyl halides is 2. The molecule has 0 saturated carbocycles. The molecule has 0 radical (unpaired) electrons. The molecule has 1 N–H and O–H groups in total. The van der Waals surface area contributed by atoms with Gasteiger partial charge in [-0.15, -0.1) is 0 Å². The Balaban J connectivity index is 1.45. The van der Waals surface area contributed by atoms with E-state index in [-0.39, 0.29) is 32.0 Å². The van der Waals surface area contributed by atoms with Crippen molar-refractivity contribution in [1.29, 1.82) is 0 Å². The molecular formula is C17H20F2N4O. The monoisotopic (exact) mass is 334 g/mol. The van der Waals surface area contributed by atoms with E-state index in [0.29, 0.717) is 13.0 Å². The van der Waals surface area contributed by atoms with Gasteiger partial charge in [0.25, 0.3) is 5.92 Å². The van der Waals surface area contributed by atoms with E-state index >= 15 is 0 Å². The predicted molar refractivity (Wildman–Crippen MR) is 86.4 cm³/mol. The van der Waals surface area contributed by atoms with Crippen molar-refractivity contribution in [2.75, 3.05) is 19.6 Å². The maximum atomic E-state index is 13.1. The molecule has 2 heterocycles. The second-order valence-electron chi connectivity index (χ2n) is 5.95. The number of para-hydroxylation sites is 1. The standard InChI is InChI=1S/C17H20F2N4O/c18-17(19)7-10-22(11-8-17)16(24)20-9-6-14-12-21-23(13-14)15-4-2-1-3-5-15/h1-5,12-13H,6-11H2,(H,20,24). The SMILES string of the molecule is O=C(NCCc1cnn(-c2ccccc2)c1)N1CCC(F)(F)CC1. The molecule has 0 atom stereocenters. The summed E-state index contributed by atoms with van der Waals surface area (Å²) in [5.41, 5.74) is 1.98. The van der Waals surface area contributed by atoms with Crippen molar-refractivity contribution in [2.45, 2.75) is 25.2 Å². The quantitative estimate of drug-likeness (QED) is 0.935. The van der Waals surface area contributed by atoms with E-state index in [9.17, 15) is 13.6 Å². The molecule has 24 heavy (non-hydrogen) atoms. The Morgan fingerprint density at radius 1 is 1.21 bits per heavy atom. The van der Waals surface area contributed by atoms with Crippen LogP contribution in [0.5, 0.6) is 0 Å². The molecule has 1 aliphatic heterocycles. The Kier molecular flexibility index (Phi) is 4.78. The number of amides is 2. The number of likely N-dealkylation sites (tertiary alicyclic amines) is 1. The van der Waals surface area contributed by atoms with E-state index in [1.165, 1.54) is 4.90 Å². The van der Waals surface area contributed by atoms with Gasteiger partial charge in [-0.2, -0.15) is 5.10 Å². The van der Waals surface area contributed by atoms with Crippen LogP contribution in [-0.2, 0) is 6.42 Å². The van der Waals surface area contributed by atoms with Crippen LogP contribution >= 0.6 is 0 Å². The number of nitrogens with zero attached hydrogens (tertiary/aromatic N) is 3. The molecule has 1 aromatic carbocycles. The minimum Gasteiger partial charge on any atom is -0.338 e. The van der Waals surface area contributed by atoms with Gasteiger partial charge in [0.05, 0.1) is 11.9 Å². The highest BCUT2D eigenvalue weighted by molar-refractivity contribution is 5.74. The molecule has 128 valence electrons. The summed E-state index contributed by atoms with van der Waals surface area (Å²) in [6.07, 6.45) is 3.81. The average Bonchev–Trinajstić information content (AvgIpc) is 3.04. The van der Waals surface area contributed by atoms with Crippen molar-refractivity contribution < 1.29 is 13.6 Å². The molecule has 5 nitrogen and oxygen atoms in total. The van der Waals surface area contributed by atoms with E-state index in [4.69, 9.17) is 0 Å². The minimum absolute atomic E-state index is 0.102. The van der Waals surface area contributed by atoms with Gasteiger partial charge >= 0.3 is 6.03 Å². The number of carbonyl (C=O) groups is 1. The Morgan fingerprint density at radius 3 is 2.62 bits per heavy atom. The van der Waals surface area contributed by atoms with Gasteiger partial charge in [0, 0.05) is 38.7 Å². The number of hydrogen-bond donors (Lipinski definition) is 1. The van der Waals surface area contributed by atoms with E-state index < -0.39 is 5.92 Å². The zero-order valence-electron chi connectivity index (χ0n) is 13.3. The summed E-state index contributed by atoms with van der Waals surface area (Å²) in [6.45, 7) is 0.655. The van der Waals surface area contributed by atoms with Crippen molar-refractivity contribution in [3.63, 3.8) is 0 Å². The lowest BCUT2D eigenvalue weighted by Crippen LogP contribution is -2.47. The zero-order valence-corrected chi connectivity index (χ0v) is 13.3. The highest BCUT2D eigenvalue weighted by atomic mass is 19.3. The van der Waals surface area contributed by atoms with Crippen LogP contribution in [-0.4, -0.2) is 46.3 Å². The first kappa shape index (κ1) is 16.4. The normalized spacial score (nSPS) is 16.8. The molecule has 1 saturated heterocycles. The number of benzene rings is 1. The van der Waals surface area contributed by atoms with Gasteiger partial charge in [-0.3, -0.25) is 0 Å². The summed E-state index contributed by atoms with van der Waals surface area (Å²) in [6, 6.07) is 9.48. The van der Waals surface area contributed by atoms with E-state index in [2.05, 4.69) is 10.4 Å². The van der Waals surface area contributed by atoms with Crippen molar-refractivity contribution in [3.05, 3.63) is 48.3 Å². The summed E-state index contributed by atoms with van der Waals surface area (Å²) >= 11 is 0. The maximum absolute atomic E-state index is 13.1. The van der Waals surface area contributed by atoms with Crippen molar-refractivity contribution in [2.24, 2.45) is 0 Å². The Labute approximate surface area is 139 Å². The molecule has 2 aromatic rings. The number of nitrogens with one attached hydrogen (secondary N) is 1. The van der Waals surface area contributed by atoms with Crippen molar-refractivity contribution >= 4 is 6.03 Å². The molecule has 0 unspecified atom stereocenters. The van der Waals surface area contributed by atoms with Crippen LogP contribution < -0.4 is 5.32 Å². The number of aromatic nitrogens is 2. The van der Waals surface area contributed by atoms with Crippen molar-refractivity contribution in [1.82, 2.24) is 20.0 Å². The molecule has 0 spiro atoms. The lowest BCUT2D eigenvalue weighted by atomic mass is 10.1. The van der Waals surface area contributed by atoms with Crippen LogP contribution in [0.4, 0.5) is 13.6 Å². The van der Waals surface area contributed by atoms with Crippen LogP contribution in [0.1, 0.15) is 18.4 Å². The summed E-state index contributed by atoms with van der Waals surface area (Å²) in [7, 11) is 0. The summed E-state index contributed by atoms with van der Waals surface area (Å²) in [5, 5.41) is 7.08. The number of hydrogen-bond acceptors (Lipinski definition) is 2. The molecular weight excluding hydrogens is 314 g/mol. The Morgan fingerprint density at radius 2 is 1.92 bits per heavy atom. The smallest absolute Gasteiger partial charge is 0.317 e. The number of urea groups is 1. The molecule has 1 aromatic heterocycles. The molecule has 0 bridgehead atoms. The molecule has 1 aliphatic rings. The molecule has 1 fully saturated rings. The Hall–Kier alpha value is -2.44. The van der Waals surface area contributed by atoms with Gasteiger partial charge < -0.3 is 10.2 Å². The third kappa shape index (κ3) is 4.10. The number of carbonyl (C=O) groups excluding carboxylic acids is 1. The Bertz CT molecular complexity index is 677. The fourth-order valence-electron chi connectivity index (χ4n) is 2.67. The molecule has 2 amide bonds. The van der Waals surface area contributed by atoms with Gasteiger partial charge in [0.15, 0.2) is 0 Å². The van der Waals surface area contributed by atoms with Gasteiger partial charge in [-0.05, 0) is 24.1 Å². The van der Waals surface area contributed by atoms with Crippen molar-refractivity contribution in [3.8, 4) is 5.69 Å². The van der Waals surface area contributed by atoms with Crippen LogP contribution in [0.15, 0.2) is 42.7 Å². The topological polar surface area (TPSA) is 50.2 Å². The fraction of sp³-hybridized carbons (Fsp3) is 0.412. The number of rotatable bonds is 4. The summed E-state index contributed by atoms with van der Waals surface area (Å²) in [5.74, 6) is -2.64. The zero-order chi connectivity index (χ0) is 17.0. The highest BCUT2D eigenvalue weighted by Crippen LogP contribution is 2.27. The van der Waals surface area contributed by atoms with Crippen LogP contribution in [0.3, 0.4) is 0 Å². The summed E-state index contributed by atoms with van der Waals surface area (Å²) < 4.78 is 28.0. The van der Waals surface area contributed by atoms with E-state index in [1.54, 1.807) is 10.9 Å². The summed E-state index contributed by atoms with van der Waals surface area (Å²) in [4.78, 5) is 13.4. The second-order valence-corrected chi connectivity index (χ2v) is 5.95. The number of piperidine rings is 1. The second kappa shape index (κ2) is 6.98. The predicted octanol–water partition coefficient (Wildman–Crippen LogP) is 2.86. The van der Waals surface area contributed by atoms with Crippen LogP contribution in [0, 0.1) is 0 Å². The fourth-order valence-corrected chi connectivity index (χ4v) is 2.67. The lowest BCUT2D eigenvalue weighted by molar-refractivity contribution is -0.0469. The third-order valence-electron chi connectivity index (χ3n) is 4.13. The van der Waals surface area contributed by atoms with E-state index in [1.807, 2.05) is 36.5 Å². The lowest BCUT2D eigenvalue weighted by Gasteiger charge is -2.31.